The van der Waals surface area contributed by atoms with Crippen LogP contribution in [0.1, 0.15) is 36.1 Å². The highest BCUT2D eigenvalue weighted by molar-refractivity contribution is 5.30. The van der Waals surface area contributed by atoms with Crippen LogP contribution in [0.15, 0.2) is 47.3 Å². The molecule has 2 nitrogen and oxygen atoms in total. The van der Waals surface area contributed by atoms with Gasteiger partial charge in [-0.05, 0) is 23.6 Å². The van der Waals surface area contributed by atoms with E-state index < -0.39 is 6.10 Å². The number of aliphatic hydroxyl groups excluding tert-OH is 1. The molecule has 1 aromatic carbocycles. The highest BCUT2D eigenvalue weighted by Crippen LogP contribution is 2.22. The van der Waals surface area contributed by atoms with Gasteiger partial charge in [0.25, 0.3) is 0 Å². The van der Waals surface area contributed by atoms with E-state index in [1.54, 1.807) is 18.6 Å². The molecular weight excluding hydrogens is 200 g/mol. The molecule has 0 spiro atoms. The Balaban J connectivity index is 2.15. The topological polar surface area (TPSA) is 33.4 Å². The molecule has 1 N–H and O–H groups in total. The fourth-order valence-electron chi connectivity index (χ4n) is 1.78. The number of aliphatic hydroxyl groups is 1. The summed E-state index contributed by atoms with van der Waals surface area (Å²) in [7, 11) is 0. The maximum Gasteiger partial charge on any atom is 0.107 e. The van der Waals surface area contributed by atoms with Crippen molar-refractivity contribution in [3.8, 4) is 0 Å². The summed E-state index contributed by atoms with van der Waals surface area (Å²) in [5.74, 6) is 0. The van der Waals surface area contributed by atoms with Crippen LogP contribution in [0.2, 0.25) is 0 Å². The zero-order valence-corrected chi connectivity index (χ0v) is 9.39. The molecule has 2 aromatic rings. The molecule has 84 valence electrons. The van der Waals surface area contributed by atoms with Gasteiger partial charge in [-0.2, -0.15) is 0 Å². The van der Waals surface area contributed by atoms with Crippen molar-refractivity contribution < 1.29 is 9.52 Å². The van der Waals surface area contributed by atoms with Crippen molar-refractivity contribution in [3.63, 3.8) is 0 Å². The Morgan fingerprint density at radius 2 is 1.88 bits per heavy atom. The number of rotatable bonds is 4. The van der Waals surface area contributed by atoms with Crippen LogP contribution in [-0.4, -0.2) is 5.11 Å². The summed E-state index contributed by atoms with van der Waals surface area (Å²) >= 11 is 0. The van der Waals surface area contributed by atoms with Crippen molar-refractivity contribution in [1.29, 1.82) is 0 Å². The summed E-state index contributed by atoms with van der Waals surface area (Å²) in [4.78, 5) is 0. The molecule has 0 aliphatic carbocycles. The first kappa shape index (κ1) is 11.0. The molecule has 16 heavy (non-hydrogen) atoms. The van der Waals surface area contributed by atoms with Gasteiger partial charge in [0.15, 0.2) is 0 Å². The summed E-state index contributed by atoms with van der Waals surface area (Å²) in [6.07, 6.45) is 4.79. The summed E-state index contributed by atoms with van der Waals surface area (Å²) in [6.45, 7) is 2.16. The average Bonchev–Trinajstić information content (AvgIpc) is 2.83. The zero-order chi connectivity index (χ0) is 11.4. The van der Waals surface area contributed by atoms with Crippen LogP contribution < -0.4 is 0 Å². The van der Waals surface area contributed by atoms with Crippen LogP contribution in [0.5, 0.6) is 0 Å². The van der Waals surface area contributed by atoms with E-state index in [0.717, 1.165) is 24.0 Å². The summed E-state index contributed by atoms with van der Waals surface area (Å²) < 4.78 is 4.96. The molecule has 0 saturated heterocycles. The molecule has 1 aromatic heterocycles. The standard InChI is InChI=1S/C14H16O2/c1-2-3-11-4-6-12(7-5-11)14(15)13-8-9-16-10-13/h4-10,14-15H,2-3H2,1H3/t14-/m1/s1. The molecule has 0 radical (unpaired) electrons. The number of benzene rings is 1. The Labute approximate surface area is 95.5 Å². The fraction of sp³-hybridized carbons (Fsp3) is 0.286. The predicted molar refractivity (Wildman–Crippen MR) is 63.2 cm³/mol. The van der Waals surface area contributed by atoms with Gasteiger partial charge in [-0.25, -0.2) is 0 Å². The first-order valence-corrected chi connectivity index (χ1v) is 5.60. The lowest BCUT2D eigenvalue weighted by Crippen LogP contribution is -1.98. The molecule has 0 fully saturated rings. The van der Waals surface area contributed by atoms with E-state index in [0.29, 0.717) is 0 Å². The monoisotopic (exact) mass is 216 g/mol. The molecular formula is C14H16O2. The van der Waals surface area contributed by atoms with Crippen molar-refractivity contribution in [2.75, 3.05) is 0 Å². The minimum atomic E-state index is -0.588. The quantitative estimate of drug-likeness (QED) is 0.850. The number of aryl methyl sites for hydroxylation is 1. The smallest absolute Gasteiger partial charge is 0.107 e. The van der Waals surface area contributed by atoms with E-state index in [1.807, 2.05) is 12.1 Å². The molecule has 0 aliphatic heterocycles. The lowest BCUT2D eigenvalue weighted by atomic mass is 10.0. The third kappa shape index (κ3) is 2.34. The molecule has 1 atom stereocenters. The van der Waals surface area contributed by atoms with Crippen molar-refractivity contribution in [2.45, 2.75) is 25.9 Å². The van der Waals surface area contributed by atoms with Crippen LogP contribution >= 0.6 is 0 Å². The van der Waals surface area contributed by atoms with Crippen LogP contribution in [0.4, 0.5) is 0 Å². The zero-order valence-electron chi connectivity index (χ0n) is 9.39. The third-order valence-corrected chi connectivity index (χ3v) is 2.69. The fourth-order valence-corrected chi connectivity index (χ4v) is 1.78. The third-order valence-electron chi connectivity index (χ3n) is 2.69. The molecule has 0 amide bonds. The Morgan fingerprint density at radius 1 is 1.12 bits per heavy atom. The predicted octanol–water partition coefficient (Wildman–Crippen LogP) is 3.31. The van der Waals surface area contributed by atoms with Crippen LogP contribution in [-0.2, 0) is 6.42 Å². The van der Waals surface area contributed by atoms with Crippen molar-refractivity contribution in [1.82, 2.24) is 0 Å². The van der Waals surface area contributed by atoms with Gasteiger partial charge < -0.3 is 9.52 Å². The molecule has 2 rings (SSSR count). The molecule has 0 saturated carbocycles. The maximum absolute atomic E-state index is 10.0. The second-order valence-corrected chi connectivity index (χ2v) is 3.95. The molecule has 0 unspecified atom stereocenters. The first-order valence-electron chi connectivity index (χ1n) is 5.60. The van der Waals surface area contributed by atoms with Gasteiger partial charge in [-0.1, -0.05) is 37.6 Å². The Kier molecular flexibility index (Phi) is 3.42. The van der Waals surface area contributed by atoms with Gasteiger partial charge in [-0.15, -0.1) is 0 Å². The lowest BCUT2D eigenvalue weighted by molar-refractivity contribution is 0.219. The largest absolute Gasteiger partial charge is 0.472 e. The van der Waals surface area contributed by atoms with Gasteiger partial charge in [0, 0.05) is 5.56 Å². The highest BCUT2D eigenvalue weighted by atomic mass is 16.3. The van der Waals surface area contributed by atoms with Crippen molar-refractivity contribution >= 4 is 0 Å². The lowest BCUT2D eigenvalue weighted by Gasteiger charge is -2.09. The first-order chi connectivity index (χ1) is 7.81. The van der Waals surface area contributed by atoms with Gasteiger partial charge in [0.2, 0.25) is 0 Å². The van der Waals surface area contributed by atoms with Crippen LogP contribution in [0, 0.1) is 0 Å². The van der Waals surface area contributed by atoms with Gasteiger partial charge in [0.1, 0.15) is 6.10 Å². The molecule has 1 heterocycles. The maximum atomic E-state index is 10.0. The minimum Gasteiger partial charge on any atom is -0.472 e. The van der Waals surface area contributed by atoms with Gasteiger partial charge >= 0.3 is 0 Å². The van der Waals surface area contributed by atoms with Crippen LogP contribution in [0.3, 0.4) is 0 Å². The second-order valence-electron chi connectivity index (χ2n) is 3.95. The highest BCUT2D eigenvalue weighted by Gasteiger charge is 2.10. The number of furan rings is 1. The number of hydrogen-bond acceptors (Lipinski definition) is 2. The molecule has 2 heteroatoms. The Hall–Kier alpha value is -1.54. The summed E-state index contributed by atoms with van der Waals surface area (Å²) in [6, 6.07) is 9.88. The second kappa shape index (κ2) is 4.99. The van der Waals surface area contributed by atoms with E-state index in [2.05, 4.69) is 19.1 Å². The van der Waals surface area contributed by atoms with E-state index in [4.69, 9.17) is 4.42 Å². The van der Waals surface area contributed by atoms with Crippen molar-refractivity contribution in [3.05, 3.63) is 59.5 Å². The summed E-state index contributed by atoms with van der Waals surface area (Å²) in [5.41, 5.74) is 3.01. The van der Waals surface area contributed by atoms with Crippen LogP contribution in [0.25, 0.3) is 0 Å². The van der Waals surface area contributed by atoms with Crippen molar-refractivity contribution in [2.24, 2.45) is 0 Å². The van der Waals surface area contributed by atoms with Gasteiger partial charge in [-0.3, -0.25) is 0 Å². The Bertz CT molecular complexity index is 415. The Morgan fingerprint density at radius 3 is 2.44 bits per heavy atom. The van der Waals surface area contributed by atoms with E-state index >= 15 is 0 Å². The minimum absolute atomic E-state index is 0.588. The molecule has 0 aliphatic rings. The van der Waals surface area contributed by atoms with E-state index in [-0.39, 0.29) is 0 Å². The van der Waals surface area contributed by atoms with Gasteiger partial charge in [0.05, 0.1) is 12.5 Å². The SMILES string of the molecule is CCCc1ccc([C@@H](O)c2ccoc2)cc1. The van der Waals surface area contributed by atoms with E-state index in [1.165, 1.54) is 5.56 Å². The molecule has 0 bridgehead atoms. The number of hydrogen-bond donors (Lipinski definition) is 1. The van der Waals surface area contributed by atoms with E-state index in [9.17, 15) is 5.11 Å². The summed E-state index contributed by atoms with van der Waals surface area (Å²) in [5, 5.41) is 10.0. The average molecular weight is 216 g/mol. The normalized spacial score (nSPS) is 12.6.